The van der Waals surface area contributed by atoms with Gasteiger partial charge < -0.3 is 5.11 Å². The number of halogens is 3. The van der Waals surface area contributed by atoms with Crippen molar-refractivity contribution in [3.8, 4) is 0 Å². The summed E-state index contributed by atoms with van der Waals surface area (Å²) in [7, 11) is 0. The van der Waals surface area contributed by atoms with E-state index < -0.39 is 29.9 Å². The second-order valence-electron chi connectivity index (χ2n) is 4.81. The molecule has 1 aromatic carbocycles. The molecule has 0 spiro atoms. The van der Waals surface area contributed by atoms with Crippen molar-refractivity contribution in [2.45, 2.75) is 31.7 Å². The van der Waals surface area contributed by atoms with Crippen molar-refractivity contribution >= 4 is 11.6 Å². The summed E-state index contributed by atoms with van der Waals surface area (Å²) in [6, 6.07) is 8.55. The molecule has 1 aromatic rings. The molecule has 0 saturated heterocycles. The van der Waals surface area contributed by atoms with Crippen LogP contribution in [0.25, 0.3) is 0 Å². The second kappa shape index (κ2) is 4.90. The van der Waals surface area contributed by atoms with E-state index >= 15 is 0 Å². The molecule has 7 heteroatoms. The van der Waals surface area contributed by atoms with Crippen molar-refractivity contribution in [1.82, 2.24) is 5.01 Å². The fraction of sp³-hybridized carbons (Fsp3) is 0.385. The van der Waals surface area contributed by atoms with Crippen LogP contribution in [-0.2, 0) is 11.2 Å². The Bertz CT molecular complexity index is 538. The number of carbonyl (C=O) groups excluding carboxylic acids is 1. The molecular formula is C13H13F3N2O2. The number of hydrazone groups is 1. The van der Waals surface area contributed by atoms with Gasteiger partial charge in [-0.25, -0.2) is 5.01 Å². The fourth-order valence-corrected chi connectivity index (χ4v) is 1.98. The van der Waals surface area contributed by atoms with E-state index in [-0.39, 0.29) is 6.42 Å². The molecule has 2 rings (SSSR count). The van der Waals surface area contributed by atoms with Crippen LogP contribution in [0.3, 0.4) is 0 Å². The number of carbonyl (C=O) groups is 1. The summed E-state index contributed by atoms with van der Waals surface area (Å²) in [5.74, 6) is -0.680. The number of alkyl halides is 3. The number of benzene rings is 1. The Hall–Kier alpha value is -1.89. The standard InChI is InChI=1S/C13H13F3N2O2/c1-12(20)8-10(13(14,15)16)17-18(12)11(19)7-9-5-3-2-4-6-9/h2-6,20H,7-8H2,1H3. The molecule has 1 unspecified atom stereocenters. The Morgan fingerprint density at radius 3 is 2.50 bits per heavy atom. The lowest BCUT2D eigenvalue weighted by Gasteiger charge is -2.26. The summed E-state index contributed by atoms with van der Waals surface area (Å²) in [5, 5.41) is 13.7. The van der Waals surface area contributed by atoms with E-state index in [0.717, 1.165) is 6.92 Å². The molecule has 0 radical (unpaired) electrons. The molecule has 0 bridgehead atoms. The predicted molar refractivity (Wildman–Crippen MR) is 65.7 cm³/mol. The molecule has 108 valence electrons. The van der Waals surface area contributed by atoms with Crippen LogP contribution in [0.4, 0.5) is 13.2 Å². The smallest absolute Gasteiger partial charge is 0.369 e. The van der Waals surface area contributed by atoms with Gasteiger partial charge in [-0.1, -0.05) is 30.3 Å². The molecule has 0 saturated carbocycles. The number of hydrogen-bond acceptors (Lipinski definition) is 3. The lowest BCUT2D eigenvalue weighted by Crippen LogP contribution is -2.44. The van der Waals surface area contributed by atoms with Crippen molar-refractivity contribution < 1.29 is 23.1 Å². The number of rotatable bonds is 2. The highest BCUT2D eigenvalue weighted by Gasteiger charge is 2.49. The molecule has 0 fully saturated rings. The zero-order valence-corrected chi connectivity index (χ0v) is 10.7. The first-order valence-corrected chi connectivity index (χ1v) is 5.94. The molecule has 1 N–H and O–H groups in total. The fourth-order valence-electron chi connectivity index (χ4n) is 1.98. The summed E-state index contributed by atoms with van der Waals surface area (Å²) >= 11 is 0. The Morgan fingerprint density at radius 1 is 1.40 bits per heavy atom. The minimum Gasteiger partial charge on any atom is -0.369 e. The van der Waals surface area contributed by atoms with Crippen molar-refractivity contribution in [3.63, 3.8) is 0 Å². The highest BCUT2D eigenvalue weighted by Crippen LogP contribution is 2.32. The average molecular weight is 286 g/mol. The van der Waals surface area contributed by atoms with Crippen LogP contribution in [-0.4, -0.2) is 33.6 Å². The highest BCUT2D eigenvalue weighted by atomic mass is 19.4. The number of aliphatic hydroxyl groups is 1. The third-order valence-corrected chi connectivity index (χ3v) is 2.94. The average Bonchev–Trinajstić information content (AvgIpc) is 2.66. The van der Waals surface area contributed by atoms with E-state index in [1.165, 1.54) is 0 Å². The highest BCUT2D eigenvalue weighted by molar-refractivity contribution is 5.94. The summed E-state index contributed by atoms with van der Waals surface area (Å²) in [5.41, 5.74) is -2.45. The molecule has 1 amide bonds. The second-order valence-corrected chi connectivity index (χ2v) is 4.81. The van der Waals surface area contributed by atoms with Crippen LogP contribution in [0, 0.1) is 0 Å². The number of amides is 1. The molecule has 1 aliphatic rings. The quantitative estimate of drug-likeness (QED) is 0.905. The third kappa shape index (κ3) is 2.98. The molecule has 1 heterocycles. The van der Waals surface area contributed by atoms with Crippen LogP contribution in [0.5, 0.6) is 0 Å². The first-order chi connectivity index (χ1) is 9.20. The minimum atomic E-state index is -4.65. The van der Waals surface area contributed by atoms with E-state index in [1.54, 1.807) is 30.3 Å². The van der Waals surface area contributed by atoms with E-state index in [0.29, 0.717) is 10.6 Å². The van der Waals surface area contributed by atoms with Gasteiger partial charge in [0.2, 0.25) is 5.91 Å². The first kappa shape index (κ1) is 14.5. The molecular weight excluding hydrogens is 273 g/mol. The lowest BCUT2D eigenvalue weighted by atomic mass is 10.1. The van der Waals surface area contributed by atoms with Gasteiger partial charge in [-0.05, 0) is 12.5 Å². The van der Waals surface area contributed by atoms with Crippen molar-refractivity contribution in [3.05, 3.63) is 35.9 Å². The largest absolute Gasteiger partial charge is 0.431 e. The van der Waals surface area contributed by atoms with E-state index in [1.807, 2.05) is 0 Å². The van der Waals surface area contributed by atoms with Crippen LogP contribution in [0.2, 0.25) is 0 Å². The first-order valence-electron chi connectivity index (χ1n) is 5.94. The van der Waals surface area contributed by atoms with Gasteiger partial charge in [-0.3, -0.25) is 4.79 Å². The summed E-state index contributed by atoms with van der Waals surface area (Å²) in [6.45, 7) is 1.14. The molecule has 0 aliphatic carbocycles. The maximum absolute atomic E-state index is 12.6. The van der Waals surface area contributed by atoms with Crippen LogP contribution in [0.15, 0.2) is 35.4 Å². The number of nitrogens with zero attached hydrogens (tertiary/aromatic N) is 2. The topological polar surface area (TPSA) is 52.9 Å². The van der Waals surface area contributed by atoms with Gasteiger partial charge in [0.1, 0.15) is 5.71 Å². The van der Waals surface area contributed by atoms with Gasteiger partial charge in [0.15, 0.2) is 5.72 Å². The maximum atomic E-state index is 12.6. The Balaban J connectivity index is 2.18. The van der Waals surface area contributed by atoms with Crippen molar-refractivity contribution in [2.75, 3.05) is 0 Å². The van der Waals surface area contributed by atoms with Gasteiger partial charge in [0.05, 0.1) is 6.42 Å². The normalized spacial score (nSPS) is 22.9. The van der Waals surface area contributed by atoms with Crippen LogP contribution >= 0.6 is 0 Å². The molecule has 20 heavy (non-hydrogen) atoms. The monoisotopic (exact) mass is 286 g/mol. The molecule has 1 aliphatic heterocycles. The third-order valence-electron chi connectivity index (χ3n) is 2.94. The van der Waals surface area contributed by atoms with Crippen LogP contribution < -0.4 is 0 Å². The van der Waals surface area contributed by atoms with Crippen LogP contribution in [0.1, 0.15) is 18.9 Å². The van der Waals surface area contributed by atoms with Gasteiger partial charge in [-0.2, -0.15) is 18.3 Å². The summed E-state index contributed by atoms with van der Waals surface area (Å²) in [4.78, 5) is 12.0. The summed E-state index contributed by atoms with van der Waals surface area (Å²) < 4.78 is 37.8. The van der Waals surface area contributed by atoms with Gasteiger partial charge >= 0.3 is 6.18 Å². The molecule has 0 aromatic heterocycles. The molecule has 1 atom stereocenters. The Kier molecular flexibility index (Phi) is 3.56. The van der Waals surface area contributed by atoms with Gasteiger partial charge in [-0.15, -0.1) is 0 Å². The number of hydrogen-bond donors (Lipinski definition) is 1. The zero-order valence-electron chi connectivity index (χ0n) is 10.7. The van der Waals surface area contributed by atoms with Gasteiger partial charge in [0, 0.05) is 6.42 Å². The predicted octanol–water partition coefficient (Wildman–Crippen LogP) is 2.09. The van der Waals surface area contributed by atoms with Crippen molar-refractivity contribution in [2.24, 2.45) is 5.10 Å². The van der Waals surface area contributed by atoms with E-state index in [2.05, 4.69) is 5.10 Å². The lowest BCUT2D eigenvalue weighted by molar-refractivity contribution is -0.151. The van der Waals surface area contributed by atoms with Gasteiger partial charge in [0.25, 0.3) is 0 Å². The van der Waals surface area contributed by atoms with E-state index in [4.69, 9.17) is 0 Å². The Morgan fingerprint density at radius 2 is 2.00 bits per heavy atom. The minimum absolute atomic E-state index is 0.119. The maximum Gasteiger partial charge on any atom is 0.431 e. The SMILES string of the molecule is CC1(O)CC(C(F)(F)F)=NN1C(=O)Cc1ccccc1. The summed E-state index contributed by atoms with van der Waals surface area (Å²) in [6.07, 6.45) is -5.49. The van der Waals surface area contributed by atoms with Crippen molar-refractivity contribution in [1.29, 1.82) is 0 Å². The zero-order chi connectivity index (χ0) is 15.0. The Labute approximate surface area is 113 Å². The molecule has 4 nitrogen and oxygen atoms in total. The van der Waals surface area contributed by atoms with E-state index in [9.17, 15) is 23.1 Å².